The Morgan fingerprint density at radius 1 is 1.47 bits per heavy atom. The van der Waals surface area contributed by atoms with Crippen molar-refractivity contribution < 1.29 is 4.74 Å². The molecule has 19 heavy (non-hydrogen) atoms. The van der Waals surface area contributed by atoms with Crippen LogP contribution in [0.2, 0.25) is 0 Å². The Morgan fingerprint density at radius 2 is 2.26 bits per heavy atom. The van der Waals surface area contributed by atoms with E-state index in [4.69, 9.17) is 4.74 Å². The molecule has 1 heterocycles. The Hall–Kier alpha value is -0.580. The molecule has 1 aromatic carbocycles. The van der Waals surface area contributed by atoms with Gasteiger partial charge in [-0.2, -0.15) is 0 Å². The van der Waals surface area contributed by atoms with E-state index in [2.05, 4.69) is 46.2 Å². The van der Waals surface area contributed by atoms with Crippen LogP contribution in [0.25, 0.3) is 0 Å². The zero-order valence-electron chi connectivity index (χ0n) is 11.9. The molecule has 106 valence electrons. The monoisotopic (exact) mass is 326 g/mol. The number of likely N-dealkylation sites (tertiary alicyclic amines) is 1. The number of methoxy groups -OCH3 is 1. The van der Waals surface area contributed by atoms with Crippen LogP contribution in [0.1, 0.15) is 25.3 Å². The molecular formula is C15H23BrN2O. The summed E-state index contributed by atoms with van der Waals surface area (Å²) in [5.74, 6) is 0.955. The van der Waals surface area contributed by atoms with E-state index in [1.807, 2.05) is 12.1 Å². The molecule has 1 aliphatic rings. The Balaban J connectivity index is 1.93. The second kappa shape index (κ2) is 6.73. The first-order valence-corrected chi connectivity index (χ1v) is 7.65. The number of halogens is 1. The van der Waals surface area contributed by atoms with Crippen LogP contribution in [0.4, 0.5) is 0 Å². The maximum Gasteiger partial charge on any atom is 0.123 e. The van der Waals surface area contributed by atoms with Gasteiger partial charge in [-0.3, -0.25) is 0 Å². The summed E-state index contributed by atoms with van der Waals surface area (Å²) >= 11 is 3.52. The predicted octanol–water partition coefficient (Wildman–Crippen LogP) is 3.03. The fourth-order valence-electron chi connectivity index (χ4n) is 2.61. The van der Waals surface area contributed by atoms with Crippen molar-refractivity contribution in [1.29, 1.82) is 0 Å². The van der Waals surface area contributed by atoms with Crippen molar-refractivity contribution in [2.45, 2.75) is 38.4 Å². The van der Waals surface area contributed by atoms with Gasteiger partial charge in [0.1, 0.15) is 5.75 Å². The first-order chi connectivity index (χ1) is 9.10. The lowest BCUT2D eigenvalue weighted by Gasteiger charge is -2.35. The average Bonchev–Trinajstić information content (AvgIpc) is 2.40. The highest BCUT2D eigenvalue weighted by molar-refractivity contribution is 9.10. The standard InChI is InChI=1S/C15H23BrN2O/c1-11-8-14(6-7-18(11)2)17-10-12-9-13(16)4-5-15(12)19-3/h4-5,9,11,14,17H,6-8,10H2,1-3H3. The number of rotatable bonds is 4. The Kier molecular flexibility index (Phi) is 5.25. The van der Waals surface area contributed by atoms with E-state index in [0.29, 0.717) is 12.1 Å². The molecular weight excluding hydrogens is 304 g/mol. The third-order valence-corrected chi connectivity index (χ3v) is 4.53. The van der Waals surface area contributed by atoms with Crippen LogP contribution in [-0.4, -0.2) is 37.7 Å². The summed E-state index contributed by atoms with van der Waals surface area (Å²) in [4.78, 5) is 2.43. The predicted molar refractivity (Wildman–Crippen MR) is 82.6 cm³/mol. The number of hydrogen-bond acceptors (Lipinski definition) is 3. The molecule has 0 aliphatic carbocycles. The summed E-state index contributed by atoms with van der Waals surface area (Å²) < 4.78 is 6.51. The van der Waals surface area contributed by atoms with E-state index in [1.165, 1.54) is 24.9 Å². The van der Waals surface area contributed by atoms with E-state index in [1.54, 1.807) is 7.11 Å². The molecule has 1 saturated heterocycles. The summed E-state index contributed by atoms with van der Waals surface area (Å²) in [5, 5.41) is 3.66. The topological polar surface area (TPSA) is 24.5 Å². The third kappa shape index (κ3) is 3.94. The van der Waals surface area contributed by atoms with Crippen molar-refractivity contribution in [3.63, 3.8) is 0 Å². The van der Waals surface area contributed by atoms with E-state index in [0.717, 1.165) is 16.8 Å². The second-order valence-corrected chi connectivity index (χ2v) is 6.30. The van der Waals surface area contributed by atoms with Crippen molar-refractivity contribution in [3.8, 4) is 5.75 Å². The van der Waals surface area contributed by atoms with Crippen LogP contribution >= 0.6 is 15.9 Å². The molecule has 0 amide bonds. The third-order valence-electron chi connectivity index (χ3n) is 4.03. The largest absolute Gasteiger partial charge is 0.496 e. The zero-order valence-corrected chi connectivity index (χ0v) is 13.5. The molecule has 1 aliphatic heterocycles. The van der Waals surface area contributed by atoms with Gasteiger partial charge in [0.2, 0.25) is 0 Å². The normalized spacial score (nSPS) is 24.4. The summed E-state index contributed by atoms with van der Waals surface area (Å²) in [6, 6.07) is 7.42. The Morgan fingerprint density at radius 3 is 2.95 bits per heavy atom. The van der Waals surface area contributed by atoms with Gasteiger partial charge in [-0.1, -0.05) is 15.9 Å². The van der Waals surface area contributed by atoms with Crippen LogP contribution in [0, 0.1) is 0 Å². The van der Waals surface area contributed by atoms with Crippen LogP contribution in [0.15, 0.2) is 22.7 Å². The highest BCUT2D eigenvalue weighted by Crippen LogP contribution is 2.23. The molecule has 1 aromatic rings. The van der Waals surface area contributed by atoms with Gasteiger partial charge >= 0.3 is 0 Å². The first kappa shape index (κ1) is 14.8. The molecule has 0 saturated carbocycles. The van der Waals surface area contributed by atoms with E-state index in [-0.39, 0.29) is 0 Å². The molecule has 0 spiro atoms. The van der Waals surface area contributed by atoms with E-state index in [9.17, 15) is 0 Å². The molecule has 4 heteroatoms. The Bertz CT molecular complexity index is 425. The maximum absolute atomic E-state index is 5.41. The zero-order chi connectivity index (χ0) is 13.8. The minimum Gasteiger partial charge on any atom is -0.496 e. The van der Waals surface area contributed by atoms with Gasteiger partial charge < -0.3 is 15.0 Å². The van der Waals surface area contributed by atoms with Gasteiger partial charge in [-0.05, 0) is 51.6 Å². The van der Waals surface area contributed by atoms with Crippen LogP contribution in [0.5, 0.6) is 5.75 Å². The fraction of sp³-hybridized carbons (Fsp3) is 0.600. The van der Waals surface area contributed by atoms with Crippen molar-refractivity contribution >= 4 is 15.9 Å². The summed E-state index contributed by atoms with van der Waals surface area (Å²) in [5.41, 5.74) is 1.21. The number of nitrogens with zero attached hydrogens (tertiary/aromatic N) is 1. The van der Waals surface area contributed by atoms with E-state index >= 15 is 0 Å². The number of benzene rings is 1. The quantitative estimate of drug-likeness (QED) is 0.920. The molecule has 0 bridgehead atoms. The van der Waals surface area contributed by atoms with Crippen molar-refractivity contribution in [3.05, 3.63) is 28.2 Å². The second-order valence-electron chi connectivity index (χ2n) is 5.39. The van der Waals surface area contributed by atoms with Crippen molar-refractivity contribution in [2.24, 2.45) is 0 Å². The molecule has 3 nitrogen and oxygen atoms in total. The first-order valence-electron chi connectivity index (χ1n) is 6.86. The van der Waals surface area contributed by atoms with Gasteiger partial charge in [0.25, 0.3) is 0 Å². The number of ether oxygens (including phenoxy) is 1. The molecule has 1 fully saturated rings. The van der Waals surface area contributed by atoms with Gasteiger partial charge in [0.15, 0.2) is 0 Å². The SMILES string of the molecule is COc1ccc(Br)cc1CNC1CCN(C)C(C)C1. The lowest BCUT2D eigenvalue weighted by atomic mass is 9.98. The summed E-state index contributed by atoms with van der Waals surface area (Å²) in [6.45, 7) is 4.34. The van der Waals surface area contributed by atoms with E-state index < -0.39 is 0 Å². The Labute approximate surface area is 124 Å². The molecule has 0 aromatic heterocycles. The van der Waals surface area contributed by atoms with Gasteiger partial charge in [-0.15, -0.1) is 0 Å². The van der Waals surface area contributed by atoms with Gasteiger partial charge in [0.05, 0.1) is 7.11 Å². The highest BCUT2D eigenvalue weighted by atomic mass is 79.9. The lowest BCUT2D eigenvalue weighted by Crippen LogP contribution is -2.45. The fourth-order valence-corrected chi connectivity index (χ4v) is 3.02. The molecule has 2 atom stereocenters. The van der Waals surface area contributed by atoms with Crippen LogP contribution < -0.4 is 10.1 Å². The minimum atomic E-state index is 0.606. The number of hydrogen-bond donors (Lipinski definition) is 1. The van der Waals surface area contributed by atoms with Gasteiger partial charge in [-0.25, -0.2) is 0 Å². The number of piperidine rings is 1. The van der Waals surface area contributed by atoms with Gasteiger partial charge in [0, 0.05) is 28.7 Å². The summed E-state index contributed by atoms with van der Waals surface area (Å²) in [7, 11) is 3.93. The number of nitrogens with one attached hydrogen (secondary N) is 1. The molecule has 2 unspecified atom stereocenters. The molecule has 2 rings (SSSR count). The minimum absolute atomic E-state index is 0.606. The van der Waals surface area contributed by atoms with Crippen LogP contribution in [0.3, 0.4) is 0 Å². The smallest absolute Gasteiger partial charge is 0.123 e. The van der Waals surface area contributed by atoms with Crippen molar-refractivity contribution in [2.75, 3.05) is 20.7 Å². The maximum atomic E-state index is 5.41. The van der Waals surface area contributed by atoms with Crippen molar-refractivity contribution in [1.82, 2.24) is 10.2 Å². The molecule has 0 radical (unpaired) electrons. The molecule has 1 N–H and O–H groups in total. The highest BCUT2D eigenvalue weighted by Gasteiger charge is 2.22. The average molecular weight is 327 g/mol. The lowest BCUT2D eigenvalue weighted by molar-refractivity contribution is 0.168. The summed E-state index contributed by atoms with van der Waals surface area (Å²) in [6.07, 6.45) is 2.43. The van der Waals surface area contributed by atoms with Crippen LogP contribution in [-0.2, 0) is 6.54 Å².